The van der Waals surface area contributed by atoms with Crippen molar-refractivity contribution in [3.8, 4) is 0 Å². The van der Waals surface area contributed by atoms with Crippen LogP contribution in [-0.2, 0) is 75.1 Å². The second-order valence-corrected chi connectivity index (χ2v) is 23.3. The molecule has 9 unspecified atom stereocenters. The van der Waals surface area contributed by atoms with E-state index in [0.717, 1.165) is 23.6 Å². The number of amides is 8. The average Bonchev–Trinajstić information content (AvgIpc) is 2.84. The van der Waals surface area contributed by atoms with Crippen LogP contribution in [0.5, 0.6) is 0 Å². The van der Waals surface area contributed by atoms with Gasteiger partial charge in [0.05, 0.1) is 30.9 Å². The highest BCUT2D eigenvalue weighted by molar-refractivity contribution is 8.00. The first kappa shape index (κ1) is 74.1. The molecule has 31 heteroatoms. The topological polar surface area (TPSA) is 483 Å². The van der Waals surface area contributed by atoms with E-state index in [9.17, 15) is 93.3 Å². The molecule has 18 N–H and O–H groups in total. The summed E-state index contributed by atoms with van der Waals surface area (Å²) in [6, 6.07) is 8.55. The van der Waals surface area contributed by atoms with Crippen molar-refractivity contribution in [1.29, 1.82) is 0 Å². The Morgan fingerprint density at radius 3 is 1.87 bits per heavy atom. The highest BCUT2D eigenvalue weighted by Crippen LogP contribution is 2.27. The minimum absolute atomic E-state index is 0.0133. The Balaban J connectivity index is 1.59. The lowest BCUT2D eigenvalue weighted by molar-refractivity contribution is -0.368. The van der Waals surface area contributed by atoms with Crippen LogP contribution in [0.2, 0.25) is 0 Å². The fraction of sp³-hybridized carbons (Fsp3) is 0.586. The summed E-state index contributed by atoms with van der Waals surface area (Å²) in [6.45, 7) is 4.45. The van der Waals surface area contributed by atoms with E-state index in [0.29, 0.717) is 30.5 Å². The number of aliphatic hydroxyl groups is 5. The number of aliphatic carboxylic acids is 2. The standard InChI is InChI=1S/C58H84N10O20S/c1-31(2)24-41(73)56(85)62-35(19-20-45(75)76)52(81)64-37(27-46(77)78)54(83)66-50(39(71)18-10-11-21-59)65-51(40(72)26-34-16-8-5-9-17-34)67-53(82)36(25-33-14-6-4-7-15-33)63-55(84)38(61-32(3)70)30-89-43-28-44(74)68(57(43)86)23-13-12-22-60-47-49(80)48(79)42(29-69)88-58(47)87/h4-9,14-17,31,35-38,41-43,47-51,58,60,65,69,73,79-80,87H,10-13,18-30,59H2,1-3H3,(H,61,70)(H,62,85)(H,63,84)(H,64,81)(H,66,83)(H,67,82)(H,75,76)(H,77,78)/p+1/t35?,36?,37?,38?,41?,42-,43?,47-,48-,49-,50?,51?,58?/m1/s1. The molecule has 30 nitrogen and oxygen atoms in total. The number of hydrogen-bond donors (Lipinski definition) is 16. The van der Waals surface area contributed by atoms with E-state index < -0.39 is 182 Å². The zero-order chi connectivity index (χ0) is 65.9. The molecule has 89 heavy (non-hydrogen) atoms. The Labute approximate surface area is 517 Å². The summed E-state index contributed by atoms with van der Waals surface area (Å²) < 4.78 is 5.16. The van der Waals surface area contributed by atoms with E-state index in [1.807, 2.05) is 0 Å². The fourth-order valence-electron chi connectivity index (χ4n) is 9.59. The number of ketones is 2. The summed E-state index contributed by atoms with van der Waals surface area (Å²) in [5.74, 6) is -12.4. The summed E-state index contributed by atoms with van der Waals surface area (Å²) >= 11 is 0.898. The van der Waals surface area contributed by atoms with Crippen LogP contribution >= 0.6 is 11.8 Å². The van der Waals surface area contributed by atoms with Crippen LogP contribution in [0.1, 0.15) is 96.1 Å². The molecule has 0 bridgehead atoms. The molecule has 0 radical (unpaired) electrons. The van der Waals surface area contributed by atoms with Crippen molar-refractivity contribution < 1.29 is 104 Å². The number of carbonyl (C=O) groups excluding carboxylic acids is 10. The molecule has 13 atom stereocenters. The van der Waals surface area contributed by atoms with Gasteiger partial charge in [-0.15, -0.1) is 11.8 Å². The fourth-order valence-corrected chi connectivity index (χ4v) is 10.8. The highest BCUT2D eigenvalue weighted by Gasteiger charge is 2.44. The molecule has 2 aliphatic rings. The first-order valence-corrected chi connectivity index (χ1v) is 30.4. The number of thioether (sulfide) groups is 1. The third kappa shape index (κ3) is 24.9. The van der Waals surface area contributed by atoms with Gasteiger partial charge in [0, 0.05) is 51.3 Å². The Kier molecular flexibility index (Phi) is 31.3. The third-order valence-electron chi connectivity index (χ3n) is 14.3. The molecule has 2 aliphatic heterocycles. The molecular weight excluding hydrogens is 1190 g/mol. The Hall–Kier alpha value is -7.33. The maximum atomic E-state index is 14.8. The zero-order valence-corrected chi connectivity index (χ0v) is 50.7. The second-order valence-electron chi connectivity index (χ2n) is 22.1. The van der Waals surface area contributed by atoms with E-state index >= 15 is 0 Å². The van der Waals surface area contributed by atoms with Crippen LogP contribution < -0.4 is 48.3 Å². The van der Waals surface area contributed by atoms with Gasteiger partial charge in [-0.1, -0.05) is 74.5 Å². The van der Waals surface area contributed by atoms with Gasteiger partial charge in [0.25, 0.3) is 0 Å². The number of Topliss-reactive ketones (excluding diaryl/α,β-unsaturated/α-hetero) is 2. The van der Waals surface area contributed by atoms with Crippen molar-refractivity contribution >= 4 is 82.5 Å². The predicted octanol–water partition coefficient (Wildman–Crippen LogP) is -4.77. The number of nitrogens with one attached hydrogen (secondary N) is 8. The minimum atomic E-state index is -2.03. The highest BCUT2D eigenvalue weighted by atomic mass is 32.2. The van der Waals surface area contributed by atoms with Gasteiger partial charge < -0.3 is 83.4 Å². The Bertz CT molecular complexity index is 2730. The number of likely N-dealkylation sites (tertiary alicyclic amines) is 1. The monoisotopic (exact) mass is 1270 g/mol. The third-order valence-corrected chi connectivity index (χ3v) is 15.6. The minimum Gasteiger partial charge on any atom is -0.481 e. The number of hydrogen-bond acceptors (Lipinski definition) is 21. The number of imide groups is 1. The number of nitrogens with zero attached hydrogens (tertiary/aromatic N) is 1. The molecule has 8 amide bonds. The van der Waals surface area contributed by atoms with Gasteiger partial charge in [-0.2, -0.15) is 0 Å². The van der Waals surface area contributed by atoms with Crippen LogP contribution in [0, 0.1) is 5.92 Å². The van der Waals surface area contributed by atoms with Crippen LogP contribution in [-0.4, -0.2) is 222 Å². The molecular formula is C58H85N10O20S+. The van der Waals surface area contributed by atoms with E-state index in [1.54, 1.807) is 74.5 Å². The Morgan fingerprint density at radius 2 is 1.27 bits per heavy atom. The van der Waals surface area contributed by atoms with Gasteiger partial charge in [0.1, 0.15) is 60.9 Å². The predicted molar refractivity (Wildman–Crippen MR) is 315 cm³/mol. The number of rotatable bonds is 40. The number of aliphatic hydroxyl groups excluding tert-OH is 5. The molecule has 2 fully saturated rings. The van der Waals surface area contributed by atoms with Crippen LogP contribution in [0.4, 0.5) is 0 Å². The SMILES string of the molecule is CC(=O)NC(CSC1CC(=O)N(CCCCN[C@H]2C(O)O[C@H](CO)[C@@H](O)[C@@H]2O)C1=O)C(=O)NC(Cc1ccccc1)C(=O)NC(NC(NC(=O)C(CC(=O)O)NC(=O)C(CCC(=O)O)NC(=O)C(O)CC(C)C)C(=O)CCCC[NH3+])C(=O)Cc1ccccc1. The maximum Gasteiger partial charge on any atom is 0.305 e. The quantitative estimate of drug-likeness (QED) is 0.0169. The van der Waals surface area contributed by atoms with Gasteiger partial charge in [0.15, 0.2) is 17.9 Å². The summed E-state index contributed by atoms with van der Waals surface area (Å²) in [5, 5.41) is 89.0. The summed E-state index contributed by atoms with van der Waals surface area (Å²) in [7, 11) is 0. The summed E-state index contributed by atoms with van der Waals surface area (Å²) in [5.41, 5.74) is 4.70. The van der Waals surface area contributed by atoms with E-state index in [2.05, 4.69) is 48.3 Å². The largest absolute Gasteiger partial charge is 0.481 e. The number of carboxylic acids is 2. The second kappa shape index (κ2) is 37.6. The molecule has 0 aromatic heterocycles. The number of carboxylic acid groups (broad SMARTS) is 2. The van der Waals surface area contributed by atoms with E-state index in [-0.39, 0.29) is 63.3 Å². The van der Waals surface area contributed by atoms with Gasteiger partial charge in [-0.3, -0.25) is 67.8 Å². The smallest absolute Gasteiger partial charge is 0.305 e. The number of carbonyl (C=O) groups is 12. The van der Waals surface area contributed by atoms with Crippen LogP contribution in [0.3, 0.4) is 0 Å². The Morgan fingerprint density at radius 1 is 0.685 bits per heavy atom. The lowest BCUT2D eigenvalue weighted by atomic mass is 9.97. The van der Waals surface area contributed by atoms with Crippen molar-refractivity contribution in [1.82, 2.24) is 47.4 Å². The lowest BCUT2D eigenvalue weighted by Crippen LogP contribution is -2.65. The first-order chi connectivity index (χ1) is 42.2. The molecule has 0 aliphatic carbocycles. The van der Waals surface area contributed by atoms with Gasteiger partial charge >= 0.3 is 11.9 Å². The molecule has 2 saturated heterocycles. The lowest BCUT2D eigenvalue weighted by Gasteiger charge is -2.40. The average molecular weight is 1270 g/mol. The number of unbranched alkanes of at least 4 members (excludes halogenated alkanes) is 2. The van der Waals surface area contributed by atoms with Crippen molar-refractivity contribution in [2.24, 2.45) is 5.92 Å². The summed E-state index contributed by atoms with van der Waals surface area (Å²) in [4.78, 5) is 163. The first-order valence-electron chi connectivity index (χ1n) is 29.3. The molecule has 0 spiro atoms. The van der Waals surface area contributed by atoms with E-state index in [4.69, 9.17) is 4.74 Å². The van der Waals surface area contributed by atoms with Crippen molar-refractivity contribution in [2.75, 3.05) is 32.0 Å². The molecule has 4 rings (SSSR count). The molecule has 2 aromatic carbocycles. The van der Waals surface area contributed by atoms with E-state index in [1.165, 1.54) is 0 Å². The van der Waals surface area contributed by atoms with Crippen molar-refractivity contribution in [3.63, 3.8) is 0 Å². The van der Waals surface area contributed by atoms with Crippen LogP contribution in [0.15, 0.2) is 60.7 Å². The van der Waals surface area contributed by atoms with Crippen molar-refractivity contribution in [2.45, 2.75) is 176 Å². The van der Waals surface area contributed by atoms with Gasteiger partial charge in [0.2, 0.25) is 47.3 Å². The molecule has 2 heterocycles. The number of benzene rings is 2. The van der Waals surface area contributed by atoms with Gasteiger partial charge in [-0.05, 0) is 62.1 Å². The van der Waals surface area contributed by atoms with Crippen molar-refractivity contribution in [3.05, 3.63) is 71.8 Å². The molecule has 0 saturated carbocycles. The maximum absolute atomic E-state index is 14.8. The molecule has 492 valence electrons. The normalized spacial score (nSPS) is 20.6. The van der Waals surface area contributed by atoms with Crippen LogP contribution in [0.25, 0.3) is 0 Å². The summed E-state index contributed by atoms with van der Waals surface area (Å²) in [6.07, 6.45) is -13.5. The number of quaternary nitrogens is 1. The zero-order valence-electron chi connectivity index (χ0n) is 49.9. The molecule has 2 aromatic rings. The van der Waals surface area contributed by atoms with Gasteiger partial charge in [-0.25, -0.2) is 0 Å². The number of ether oxygens (including phenoxy) is 1.